The molecule has 2 atom stereocenters. The van der Waals surface area contributed by atoms with E-state index in [0.29, 0.717) is 18.7 Å². The average Bonchev–Trinajstić information content (AvgIpc) is 2.98. The van der Waals surface area contributed by atoms with Gasteiger partial charge in [0.05, 0.1) is 40.3 Å². The fraction of sp³-hybridized carbons (Fsp3) is 0.429. The number of thiophene rings is 1. The molecule has 0 aromatic carbocycles. The number of nitrogens with one attached hydrogen (secondary N) is 1. The van der Waals surface area contributed by atoms with Gasteiger partial charge in [-0.2, -0.15) is 5.26 Å². The zero-order valence-electron chi connectivity index (χ0n) is 11.7. The Balaban J connectivity index is 1.82. The van der Waals surface area contributed by atoms with Crippen LogP contribution in [0.25, 0.3) is 10.2 Å². The van der Waals surface area contributed by atoms with E-state index in [1.54, 1.807) is 0 Å². The third-order valence-corrected chi connectivity index (χ3v) is 4.61. The maximum atomic E-state index is 11.2. The second-order valence-corrected chi connectivity index (χ2v) is 6.06. The van der Waals surface area contributed by atoms with Crippen molar-refractivity contribution in [3.63, 3.8) is 0 Å². The first kappa shape index (κ1) is 14.7. The lowest BCUT2D eigenvalue weighted by Crippen LogP contribution is -2.34. The fourth-order valence-corrected chi connectivity index (χ4v) is 3.42. The molecule has 114 valence electrons. The summed E-state index contributed by atoms with van der Waals surface area (Å²) in [6.45, 7) is 0.443. The Bertz CT molecular complexity index is 731. The van der Waals surface area contributed by atoms with Gasteiger partial charge in [0.1, 0.15) is 11.9 Å². The predicted octanol–water partition coefficient (Wildman–Crippen LogP) is 3.08. The molecule has 1 saturated heterocycles. The van der Waals surface area contributed by atoms with Crippen molar-refractivity contribution in [2.24, 2.45) is 0 Å². The summed E-state index contributed by atoms with van der Waals surface area (Å²) in [5.41, 5.74) is 1.24. The van der Waals surface area contributed by atoms with Crippen molar-refractivity contribution in [1.29, 1.82) is 5.26 Å². The molecule has 1 unspecified atom stereocenters. The Kier molecular flexibility index (Phi) is 4.18. The number of nitriles is 1. The van der Waals surface area contributed by atoms with Crippen LogP contribution >= 0.6 is 11.3 Å². The Morgan fingerprint density at radius 2 is 2.45 bits per heavy atom. The third-order valence-electron chi connectivity index (χ3n) is 3.69. The Morgan fingerprint density at radius 1 is 1.59 bits per heavy atom. The monoisotopic (exact) mass is 318 g/mol. The lowest BCUT2D eigenvalue weighted by atomic mass is 10.0. The number of rotatable bonds is 4. The summed E-state index contributed by atoms with van der Waals surface area (Å²) in [4.78, 5) is 14.9. The molecule has 0 aliphatic carbocycles. The average molecular weight is 318 g/mol. The standard InChI is InChI=1S/C14H14N4O3S/c15-5-3-10-2-1-9(8-21-10)17-13-12(18(19)20)7-16-11-4-6-22-14(11)13/h4,6-7,9-10H,1-3,8H2,(H,16,17)/t9-,10?/m0/s1. The van der Waals surface area contributed by atoms with Crippen LogP contribution in [-0.2, 0) is 4.74 Å². The second-order valence-electron chi connectivity index (χ2n) is 5.15. The van der Waals surface area contributed by atoms with E-state index >= 15 is 0 Å². The Hall–Kier alpha value is -2.24. The molecule has 3 rings (SSSR count). The first-order valence-electron chi connectivity index (χ1n) is 6.94. The fourth-order valence-electron chi connectivity index (χ4n) is 2.57. The minimum atomic E-state index is -0.420. The van der Waals surface area contributed by atoms with Crippen molar-refractivity contribution >= 4 is 32.9 Å². The highest BCUT2D eigenvalue weighted by Gasteiger charge is 2.26. The van der Waals surface area contributed by atoms with Gasteiger partial charge in [-0.25, -0.2) is 4.98 Å². The zero-order valence-corrected chi connectivity index (χ0v) is 12.5. The number of fused-ring (bicyclic) bond motifs is 1. The summed E-state index contributed by atoms with van der Waals surface area (Å²) >= 11 is 1.43. The quantitative estimate of drug-likeness (QED) is 0.686. The van der Waals surface area contributed by atoms with Gasteiger partial charge in [-0.15, -0.1) is 11.3 Å². The van der Waals surface area contributed by atoms with Crippen molar-refractivity contribution in [3.8, 4) is 6.07 Å². The van der Waals surface area contributed by atoms with Crippen molar-refractivity contribution in [2.45, 2.75) is 31.4 Å². The molecule has 8 heteroatoms. The van der Waals surface area contributed by atoms with Gasteiger partial charge in [0.25, 0.3) is 0 Å². The highest BCUT2D eigenvalue weighted by Crippen LogP contribution is 2.36. The Labute approximate surface area is 130 Å². The molecule has 22 heavy (non-hydrogen) atoms. The van der Waals surface area contributed by atoms with Crippen LogP contribution in [0.15, 0.2) is 17.6 Å². The highest BCUT2D eigenvalue weighted by molar-refractivity contribution is 7.17. The molecule has 0 saturated carbocycles. The van der Waals surface area contributed by atoms with Gasteiger partial charge < -0.3 is 10.1 Å². The number of hydrogen-bond acceptors (Lipinski definition) is 7. The number of pyridine rings is 1. The van der Waals surface area contributed by atoms with Crippen LogP contribution < -0.4 is 5.32 Å². The van der Waals surface area contributed by atoms with Gasteiger partial charge in [0.15, 0.2) is 0 Å². The van der Waals surface area contributed by atoms with E-state index in [4.69, 9.17) is 10.00 Å². The molecule has 0 spiro atoms. The van der Waals surface area contributed by atoms with E-state index in [1.165, 1.54) is 17.5 Å². The number of aromatic nitrogens is 1. The summed E-state index contributed by atoms with van der Waals surface area (Å²) in [5.74, 6) is 0. The number of ether oxygens (including phenoxy) is 1. The first-order valence-corrected chi connectivity index (χ1v) is 7.82. The van der Waals surface area contributed by atoms with Gasteiger partial charge in [0.2, 0.25) is 0 Å². The van der Waals surface area contributed by atoms with Gasteiger partial charge in [-0.05, 0) is 24.3 Å². The van der Waals surface area contributed by atoms with E-state index in [0.717, 1.165) is 23.1 Å². The highest BCUT2D eigenvalue weighted by atomic mass is 32.1. The van der Waals surface area contributed by atoms with Crippen LogP contribution in [0.1, 0.15) is 19.3 Å². The molecular formula is C14H14N4O3S. The maximum Gasteiger partial charge on any atom is 0.311 e. The van der Waals surface area contributed by atoms with Crippen LogP contribution in [0.5, 0.6) is 0 Å². The summed E-state index contributed by atoms with van der Waals surface area (Å²) in [7, 11) is 0. The van der Waals surface area contributed by atoms with Crippen molar-refractivity contribution in [3.05, 3.63) is 27.8 Å². The summed E-state index contributed by atoms with van der Waals surface area (Å²) in [6.07, 6.45) is 3.24. The molecule has 3 heterocycles. The second kappa shape index (κ2) is 6.25. The Morgan fingerprint density at radius 3 is 3.14 bits per heavy atom. The van der Waals surface area contributed by atoms with Crippen LogP contribution in [0.3, 0.4) is 0 Å². The SMILES string of the molecule is N#CCC1CC[C@H](Nc2c([N+](=O)[O-])cnc3ccsc23)CO1. The van der Waals surface area contributed by atoms with Gasteiger partial charge in [0, 0.05) is 6.04 Å². The third kappa shape index (κ3) is 2.86. The van der Waals surface area contributed by atoms with E-state index in [2.05, 4.69) is 16.4 Å². The van der Waals surface area contributed by atoms with E-state index in [1.807, 2.05) is 11.4 Å². The molecule has 1 N–H and O–H groups in total. The van der Waals surface area contributed by atoms with Crippen LogP contribution in [0, 0.1) is 21.4 Å². The summed E-state index contributed by atoms with van der Waals surface area (Å²) < 4.78 is 6.42. The lowest BCUT2D eigenvalue weighted by molar-refractivity contribution is -0.384. The topological polar surface area (TPSA) is 101 Å². The first-order chi connectivity index (χ1) is 10.7. The largest absolute Gasteiger partial charge is 0.375 e. The molecule has 0 bridgehead atoms. The van der Waals surface area contributed by atoms with Crippen LogP contribution in [0.4, 0.5) is 11.4 Å². The normalized spacial score (nSPS) is 21.4. The van der Waals surface area contributed by atoms with Gasteiger partial charge in [-0.1, -0.05) is 0 Å². The number of anilines is 1. The van der Waals surface area contributed by atoms with E-state index < -0.39 is 4.92 Å². The summed E-state index contributed by atoms with van der Waals surface area (Å²) in [6, 6.07) is 3.95. The van der Waals surface area contributed by atoms with Crippen LogP contribution in [-0.4, -0.2) is 28.7 Å². The molecule has 0 amide bonds. The molecule has 1 aliphatic heterocycles. The maximum absolute atomic E-state index is 11.2. The van der Waals surface area contributed by atoms with Crippen molar-refractivity contribution in [2.75, 3.05) is 11.9 Å². The molecule has 1 fully saturated rings. The number of nitro groups is 1. The zero-order chi connectivity index (χ0) is 15.5. The van der Waals surface area contributed by atoms with Gasteiger partial charge in [-0.3, -0.25) is 10.1 Å². The van der Waals surface area contributed by atoms with Crippen molar-refractivity contribution < 1.29 is 9.66 Å². The molecule has 7 nitrogen and oxygen atoms in total. The molecule has 0 radical (unpaired) electrons. The van der Waals surface area contributed by atoms with E-state index in [9.17, 15) is 10.1 Å². The summed E-state index contributed by atoms with van der Waals surface area (Å²) in [5, 5.41) is 25.0. The van der Waals surface area contributed by atoms with Gasteiger partial charge >= 0.3 is 5.69 Å². The molecular weight excluding hydrogens is 304 g/mol. The van der Waals surface area contributed by atoms with Crippen molar-refractivity contribution in [1.82, 2.24) is 4.98 Å². The molecule has 2 aromatic heterocycles. The van der Waals surface area contributed by atoms with E-state index in [-0.39, 0.29) is 17.8 Å². The molecule has 2 aromatic rings. The predicted molar refractivity (Wildman–Crippen MR) is 82.9 cm³/mol. The smallest absolute Gasteiger partial charge is 0.311 e. The minimum absolute atomic E-state index is 0.00124. The molecule has 1 aliphatic rings. The number of nitrogens with zero attached hydrogens (tertiary/aromatic N) is 3. The lowest BCUT2D eigenvalue weighted by Gasteiger charge is -2.29. The minimum Gasteiger partial charge on any atom is -0.375 e. The number of hydrogen-bond donors (Lipinski definition) is 1. The van der Waals surface area contributed by atoms with Crippen LogP contribution in [0.2, 0.25) is 0 Å².